The van der Waals surface area contributed by atoms with E-state index in [4.69, 9.17) is 15.2 Å². The van der Waals surface area contributed by atoms with Gasteiger partial charge in [0.2, 0.25) is 0 Å². The van der Waals surface area contributed by atoms with Crippen LogP contribution in [0.2, 0.25) is 0 Å². The molecule has 1 aromatic carbocycles. The Bertz CT molecular complexity index is 378. The molecule has 4 heteroatoms. The summed E-state index contributed by atoms with van der Waals surface area (Å²) in [5, 5.41) is 3.40. The largest absolute Gasteiger partial charge is 0.497 e. The highest BCUT2D eigenvalue weighted by Gasteiger charge is 2.08. The van der Waals surface area contributed by atoms with Gasteiger partial charge in [-0.1, -0.05) is 0 Å². The van der Waals surface area contributed by atoms with Crippen molar-refractivity contribution in [3.8, 4) is 11.5 Å². The standard InChI is InChI=1S/C14H24N2O2/c1-10-8-12(17-3)9-13(18-4)14(10)16-7-5-6-11(2)15/h8-9,11,16H,5-7,15H2,1-4H3. The van der Waals surface area contributed by atoms with Crippen LogP contribution in [0.15, 0.2) is 12.1 Å². The summed E-state index contributed by atoms with van der Waals surface area (Å²) in [6.07, 6.45) is 2.07. The summed E-state index contributed by atoms with van der Waals surface area (Å²) in [6, 6.07) is 4.14. The van der Waals surface area contributed by atoms with Crippen LogP contribution in [-0.2, 0) is 0 Å². The third-order valence-electron chi connectivity index (χ3n) is 2.87. The fraction of sp³-hybridized carbons (Fsp3) is 0.571. The predicted octanol–water partition coefficient (Wildman–Crippen LogP) is 2.55. The molecule has 4 nitrogen and oxygen atoms in total. The van der Waals surface area contributed by atoms with E-state index in [1.54, 1.807) is 14.2 Å². The van der Waals surface area contributed by atoms with Gasteiger partial charge in [0.05, 0.1) is 19.9 Å². The Labute approximate surface area is 109 Å². The molecule has 0 amide bonds. The lowest BCUT2D eigenvalue weighted by Crippen LogP contribution is -2.16. The first-order chi connectivity index (χ1) is 8.58. The van der Waals surface area contributed by atoms with Crippen LogP contribution < -0.4 is 20.5 Å². The van der Waals surface area contributed by atoms with E-state index >= 15 is 0 Å². The van der Waals surface area contributed by atoms with Gasteiger partial charge in [0.15, 0.2) is 0 Å². The van der Waals surface area contributed by atoms with Gasteiger partial charge in [-0.15, -0.1) is 0 Å². The number of rotatable bonds is 7. The highest BCUT2D eigenvalue weighted by atomic mass is 16.5. The molecule has 1 atom stereocenters. The number of nitrogens with two attached hydrogens (primary N) is 1. The fourth-order valence-electron chi connectivity index (χ4n) is 1.87. The topological polar surface area (TPSA) is 56.5 Å². The molecule has 0 saturated heterocycles. The average molecular weight is 252 g/mol. The first-order valence-corrected chi connectivity index (χ1v) is 6.30. The normalized spacial score (nSPS) is 12.1. The van der Waals surface area contributed by atoms with Gasteiger partial charge in [-0.3, -0.25) is 0 Å². The minimum atomic E-state index is 0.255. The number of nitrogens with one attached hydrogen (secondary N) is 1. The maximum Gasteiger partial charge on any atom is 0.145 e. The zero-order valence-corrected chi connectivity index (χ0v) is 11.7. The molecule has 1 rings (SSSR count). The van der Waals surface area contributed by atoms with Crippen LogP contribution in [0.25, 0.3) is 0 Å². The highest BCUT2D eigenvalue weighted by Crippen LogP contribution is 2.32. The number of aryl methyl sites for hydroxylation is 1. The summed E-state index contributed by atoms with van der Waals surface area (Å²) < 4.78 is 10.6. The molecule has 18 heavy (non-hydrogen) atoms. The summed E-state index contributed by atoms with van der Waals surface area (Å²) in [7, 11) is 3.32. The molecular weight excluding hydrogens is 228 g/mol. The van der Waals surface area contributed by atoms with Gasteiger partial charge in [0, 0.05) is 18.7 Å². The number of ether oxygens (including phenoxy) is 2. The van der Waals surface area contributed by atoms with E-state index in [1.165, 1.54) is 0 Å². The third kappa shape index (κ3) is 4.11. The molecule has 0 radical (unpaired) electrons. The van der Waals surface area contributed by atoms with Crippen molar-refractivity contribution in [1.29, 1.82) is 0 Å². The van der Waals surface area contributed by atoms with Crippen molar-refractivity contribution in [2.45, 2.75) is 32.7 Å². The molecule has 0 fully saturated rings. The van der Waals surface area contributed by atoms with E-state index in [0.29, 0.717) is 0 Å². The molecule has 0 aliphatic heterocycles. The van der Waals surface area contributed by atoms with Gasteiger partial charge in [-0.05, 0) is 38.3 Å². The molecule has 102 valence electrons. The van der Waals surface area contributed by atoms with Crippen LogP contribution in [0.3, 0.4) is 0 Å². The molecule has 1 unspecified atom stereocenters. The van der Waals surface area contributed by atoms with Gasteiger partial charge in [0.1, 0.15) is 11.5 Å². The highest BCUT2D eigenvalue weighted by molar-refractivity contribution is 5.64. The second-order valence-corrected chi connectivity index (χ2v) is 4.57. The maximum atomic E-state index is 5.73. The smallest absolute Gasteiger partial charge is 0.145 e. The molecular formula is C14H24N2O2. The molecule has 3 N–H and O–H groups in total. The first-order valence-electron chi connectivity index (χ1n) is 6.30. The zero-order chi connectivity index (χ0) is 13.5. The Kier molecular flexibility index (Phi) is 5.78. The van der Waals surface area contributed by atoms with E-state index in [2.05, 4.69) is 5.32 Å². The molecule has 0 aliphatic carbocycles. The Morgan fingerprint density at radius 1 is 1.28 bits per heavy atom. The van der Waals surface area contributed by atoms with Crippen molar-refractivity contribution in [3.05, 3.63) is 17.7 Å². The lowest BCUT2D eigenvalue weighted by Gasteiger charge is -2.15. The minimum Gasteiger partial charge on any atom is -0.497 e. The van der Waals surface area contributed by atoms with Crippen LogP contribution >= 0.6 is 0 Å². The summed E-state index contributed by atoms with van der Waals surface area (Å²) in [5.74, 6) is 1.62. The average Bonchev–Trinajstić information content (AvgIpc) is 2.34. The van der Waals surface area contributed by atoms with E-state index in [9.17, 15) is 0 Å². The van der Waals surface area contributed by atoms with Crippen molar-refractivity contribution in [2.24, 2.45) is 5.73 Å². The van der Waals surface area contributed by atoms with E-state index in [1.807, 2.05) is 26.0 Å². The van der Waals surface area contributed by atoms with Crippen molar-refractivity contribution < 1.29 is 9.47 Å². The Morgan fingerprint density at radius 2 is 2.00 bits per heavy atom. The molecule has 1 aromatic rings. The van der Waals surface area contributed by atoms with E-state index in [0.717, 1.165) is 42.1 Å². The first kappa shape index (κ1) is 14.6. The second-order valence-electron chi connectivity index (χ2n) is 4.57. The van der Waals surface area contributed by atoms with Gasteiger partial charge in [-0.25, -0.2) is 0 Å². The van der Waals surface area contributed by atoms with Gasteiger partial charge < -0.3 is 20.5 Å². The molecule has 0 spiro atoms. The molecule has 0 bridgehead atoms. The van der Waals surface area contributed by atoms with Crippen LogP contribution in [0, 0.1) is 6.92 Å². The summed E-state index contributed by atoms with van der Waals surface area (Å²) in [5.41, 5.74) is 7.87. The number of hydrogen-bond donors (Lipinski definition) is 2. The second kappa shape index (κ2) is 7.11. The number of benzene rings is 1. The minimum absolute atomic E-state index is 0.255. The van der Waals surface area contributed by atoms with Crippen molar-refractivity contribution >= 4 is 5.69 Å². The quantitative estimate of drug-likeness (QED) is 0.732. The predicted molar refractivity (Wildman–Crippen MR) is 75.7 cm³/mol. The van der Waals surface area contributed by atoms with Gasteiger partial charge in [0.25, 0.3) is 0 Å². The Hall–Kier alpha value is -1.42. The van der Waals surface area contributed by atoms with E-state index in [-0.39, 0.29) is 6.04 Å². The Balaban J connectivity index is 2.69. The van der Waals surface area contributed by atoms with Crippen molar-refractivity contribution in [1.82, 2.24) is 0 Å². The summed E-state index contributed by atoms with van der Waals surface area (Å²) in [6.45, 7) is 4.96. The lowest BCUT2D eigenvalue weighted by atomic mass is 10.1. The molecule has 0 saturated carbocycles. The van der Waals surface area contributed by atoms with Crippen LogP contribution in [0.5, 0.6) is 11.5 Å². The Morgan fingerprint density at radius 3 is 2.56 bits per heavy atom. The maximum absolute atomic E-state index is 5.73. The molecule has 0 heterocycles. The zero-order valence-electron chi connectivity index (χ0n) is 11.7. The summed E-state index contributed by atoms with van der Waals surface area (Å²) in [4.78, 5) is 0. The van der Waals surface area contributed by atoms with Gasteiger partial charge >= 0.3 is 0 Å². The van der Waals surface area contributed by atoms with Crippen LogP contribution in [0.4, 0.5) is 5.69 Å². The van der Waals surface area contributed by atoms with E-state index < -0.39 is 0 Å². The molecule has 0 aromatic heterocycles. The fourth-order valence-corrected chi connectivity index (χ4v) is 1.87. The SMILES string of the molecule is COc1cc(C)c(NCCCC(C)N)c(OC)c1. The van der Waals surface area contributed by atoms with Crippen molar-refractivity contribution in [3.63, 3.8) is 0 Å². The summed E-state index contributed by atoms with van der Waals surface area (Å²) >= 11 is 0. The molecule has 0 aliphatic rings. The third-order valence-corrected chi connectivity index (χ3v) is 2.87. The monoisotopic (exact) mass is 252 g/mol. The number of methoxy groups -OCH3 is 2. The number of hydrogen-bond acceptors (Lipinski definition) is 4. The lowest BCUT2D eigenvalue weighted by molar-refractivity contribution is 0.395. The number of anilines is 1. The van der Waals surface area contributed by atoms with Crippen LogP contribution in [-0.4, -0.2) is 26.8 Å². The van der Waals surface area contributed by atoms with Crippen molar-refractivity contribution in [2.75, 3.05) is 26.1 Å². The van der Waals surface area contributed by atoms with Crippen LogP contribution in [0.1, 0.15) is 25.3 Å². The van der Waals surface area contributed by atoms with Gasteiger partial charge in [-0.2, -0.15) is 0 Å².